The van der Waals surface area contributed by atoms with Gasteiger partial charge in [-0.25, -0.2) is 4.79 Å². The molecule has 2 fully saturated rings. The molecule has 3 atom stereocenters. The van der Waals surface area contributed by atoms with Gasteiger partial charge in [-0.1, -0.05) is 51.1 Å². The van der Waals surface area contributed by atoms with Gasteiger partial charge in [0, 0.05) is 25.0 Å². The van der Waals surface area contributed by atoms with Crippen LogP contribution in [0, 0.1) is 11.3 Å². The first-order valence-electron chi connectivity index (χ1n) is 7.81. The van der Waals surface area contributed by atoms with Gasteiger partial charge < -0.3 is 10.0 Å². The summed E-state index contributed by atoms with van der Waals surface area (Å²) in [4.78, 5) is 18.8. The number of benzene rings is 1. The smallest absolute Gasteiger partial charge is 0.407 e. The highest BCUT2D eigenvalue weighted by Gasteiger charge is 2.53. The van der Waals surface area contributed by atoms with Crippen LogP contribution in [0.15, 0.2) is 30.3 Å². The van der Waals surface area contributed by atoms with Crippen molar-refractivity contribution in [2.45, 2.75) is 39.5 Å². The molecule has 2 aliphatic heterocycles. The van der Waals surface area contributed by atoms with Crippen LogP contribution in [0.5, 0.6) is 0 Å². The number of amides is 1. The summed E-state index contributed by atoms with van der Waals surface area (Å²) in [7, 11) is 0. The van der Waals surface area contributed by atoms with Crippen LogP contribution in [0.25, 0.3) is 0 Å². The predicted octanol–water partition coefficient (Wildman–Crippen LogP) is 2.83. The number of hydrogen-bond donors (Lipinski definition) is 1. The third-order valence-electron chi connectivity index (χ3n) is 4.63. The van der Waals surface area contributed by atoms with E-state index in [1.807, 2.05) is 18.2 Å². The van der Waals surface area contributed by atoms with Gasteiger partial charge in [0.15, 0.2) is 0 Å². The molecular weight excluding hydrogens is 280 g/mol. The van der Waals surface area contributed by atoms with Gasteiger partial charge in [-0.05, 0) is 11.0 Å². The first-order valence-corrected chi connectivity index (χ1v) is 7.81. The zero-order valence-electron chi connectivity index (χ0n) is 13.4. The molecule has 3 unspecified atom stereocenters. The molecule has 1 aromatic rings. The molecule has 2 saturated heterocycles. The van der Waals surface area contributed by atoms with Crippen LogP contribution in [-0.2, 0) is 11.4 Å². The normalized spacial score (nSPS) is 28.9. The summed E-state index contributed by atoms with van der Waals surface area (Å²) in [6.45, 7) is 8.37. The minimum Gasteiger partial charge on any atom is -0.465 e. The second-order valence-corrected chi connectivity index (χ2v) is 7.37. The van der Waals surface area contributed by atoms with Gasteiger partial charge >= 0.3 is 6.09 Å². The Morgan fingerprint density at radius 1 is 1.27 bits per heavy atom. The van der Waals surface area contributed by atoms with Crippen molar-refractivity contribution in [3.05, 3.63) is 35.9 Å². The Morgan fingerprint density at radius 2 is 1.95 bits per heavy atom. The standard InChI is InChI=1S/C17H24N2O3/c1-17(2,3)15-13-10-18(16(20)21)11-14(13)22-19(15)9-12-7-5-4-6-8-12/h4-8,13-15H,9-11H2,1-3H3,(H,20,21). The monoisotopic (exact) mass is 304 g/mol. The third-order valence-corrected chi connectivity index (χ3v) is 4.63. The van der Waals surface area contributed by atoms with E-state index in [2.05, 4.69) is 38.0 Å². The summed E-state index contributed by atoms with van der Waals surface area (Å²) in [5.41, 5.74) is 1.25. The largest absolute Gasteiger partial charge is 0.465 e. The maximum absolute atomic E-state index is 11.2. The van der Waals surface area contributed by atoms with Crippen molar-refractivity contribution in [3.63, 3.8) is 0 Å². The van der Waals surface area contributed by atoms with Crippen LogP contribution >= 0.6 is 0 Å². The molecule has 2 aliphatic rings. The fourth-order valence-electron chi connectivity index (χ4n) is 3.80. The average molecular weight is 304 g/mol. The van der Waals surface area contributed by atoms with Crippen molar-refractivity contribution in [2.24, 2.45) is 11.3 Å². The highest BCUT2D eigenvalue weighted by atomic mass is 16.7. The maximum Gasteiger partial charge on any atom is 0.407 e. The molecule has 5 heteroatoms. The topological polar surface area (TPSA) is 53.0 Å². The predicted molar refractivity (Wildman–Crippen MR) is 83.2 cm³/mol. The lowest BCUT2D eigenvalue weighted by Crippen LogP contribution is -2.44. The minimum absolute atomic E-state index is 0.0240. The zero-order chi connectivity index (χ0) is 15.9. The Bertz CT molecular complexity index is 541. The summed E-state index contributed by atoms with van der Waals surface area (Å²) in [5, 5.41) is 11.3. The lowest BCUT2D eigenvalue weighted by Gasteiger charge is -2.36. The van der Waals surface area contributed by atoms with E-state index in [0.717, 1.165) is 6.54 Å². The first kappa shape index (κ1) is 15.3. The molecule has 1 aromatic carbocycles. The molecule has 120 valence electrons. The van der Waals surface area contributed by atoms with E-state index in [1.165, 1.54) is 10.5 Å². The molecule has 22 heavy (non-hydrogen) atoms. The van der Waals surface area contributed by atoms with Crippen LogP contribution in [0.4, 0.5) is 4.79 Å². The van der Waals surface area contributed by atoms with E-state index in [1.54, 1.807) is 0 Å². The van der Waals surface area contributed by atoms with E-state index in [-0.39, 0.29) is 23.5 Å². The summed E-state index contributed by atoms with van der Waals surface area (Å²) < 4.78 is 0. The number of hydrogen-bond acceptors (Lipinski definition) is 3. The Kier molecular flexibility index (Phi) is 3.87. The van der Waals surface area contributed by atoms with Crippen molar-refractivity contribution in [3.8, 4) is 0 Å². The van der Waals surface area contributed by atoms with Gasteiger partial charge in [0.1, 0.15) is 6.10 Å². The van der Waals surface area contributed by atoms with Crippen LogP contribution in [-0.4, -0.2) is 46.4 Å². The molecule has 0 aliphatic carbocycles. The molecule has 5 nitrogen and oxygen atoms in total. The molecule has 1 amide bonds. The molecule has 0 saturated carbocycles. The maximum atomic E-state index is 11.2. The Hall–Kier alpha value is -1.59. The second kappa shape index (κ2) is 5.56. The van der Waals surface area contributed by atoms with Crippen molar-refractivity contribution in [1.82, 2.24) is 9.96 Å². The van der Waals surface area contributed by atoms with Gasteiger partial charge in [-0.2, -0.15) is 5.06 Å². The van der Waals surface area contributed by atoms with E-state index in [0.29, 0.717) is 13.1 Å². The number of rotatable bonds is 2. The minimum atomic E-state index is -0.847. The second-order valence-electron chi connectivity index (χ2n) is 7.37. The summed E-state index contributed by atoms with van der Waals surface area (Å²) >= 11 is 0. The molecule has 1 N–H and O–H groups in total. The van der Waals surface area contributed by atoms with Gasteiger partial charge in [-0.3, -0.25) is 4.84 Å². The van der Waals surface area contributed by atoms with Crippen LogP contribution < -0.4 is 0 Å². The Balaban J connectivity index is 1.79. The number of fused-ring (bicyclic) bond motifs is 1. The van der Waals surface area contributed by atoms with Gasteiger partial charge in [0.2, 0.25) is 0 Å². The molecule has 0 spiro atoms. The highest BCUT2D eigenvalue weighted by Crippen LogP contribution is 2.42. The Morgan fingerprint density at radius 3 is 2.55 bits per heavy atom. The van der Waals surface area contributed by atoms with Gasteiger partial charge in [0.25, 0.3) is 0 Å². The highest BCUT2D eigenvalue weighted by molar-refractivity contribution is 5.65. The van der Waals surface area contributed by atoms with E-state index >= 15 is 0 Å². The summed E-state index contributed by atoms with van der Waals surface area (Å²) in [6.07, 6.45) is -0.871. The quantitative estimate of drug-likeness (QED) is 0.913. The van der Waals surface area contributed by atoms with Crippen molar-refractivity contribution in [1.29, 1.82) is 0 Å². The van der Waals surface area contributed by atoms with Crippen LogP contribution in [0.3, 0.4) is 0 Å². The first-order chi connectivity index (χ1) is 10.4. The summed E-state index contributed by atoms with van der Waals surface area (Å²) in [6, 6.07) is 10.5. The fraction of sp³-hybridized carbons (Fsp3) is 0.588. The number of nitrogens with zero attached hydrogens (tertiary/aromatic N) is 2. The zero-order valence-corrected chi connectivity index (χ0v) is 13.4. The number of hydroxylamine groups is 2. The Labute approximate surface area is 131 Å². The number of carbonyl (C=O) groups is 1. The SMILES string of the molecule is CC(C)(C)C1C2CN(C(=O)O)CC2ON1Cc1ccccc1. The molecule has 0 bridgehead atoms. The van der Waals surface area contributed by atoms with Gasteiger partial charge in [0.05, 0.1) is 6.54 Å². The van der Waals surface area contributed by atoms with Crippen molar-refractivity contribution >= 4 is 6.09 Å². The number of likely N-dealkylation sites (tertiary alicyclic amines) is 1. The number of carboxylic acid groups (broad SMARTS) is 1. The van der Waals surface area contributed by atoms with Crippen LogP contribution in [0.1, 0.15) is 26.3 Å². The van der Waals surface area contributed by atoms with E-state index in [4.69, 9.17) is 4.84 Å². The molecule has 3 rings (SSSR count). The van der Waals surface area contributed by atoms with Crippen LogP contribution in [0.2, 0.25) is 0 Å². The lowest BCUT2D eigenvalue weighted by molar-refractivity contribution is -0.184. The molecule has 2 heterocycles. The molecule has 0 aromatic heterocycles. The molecular formula is C17H24N2O3. The van der Waals surface area contributed by atoms with Crippen molar-refractivity contribution in [2.75, 3.05) is 13.1 Å². The van der Waals surface area contributed by atoms with Crippen molar-refractivity contribution < 1.29 is 14.7 Å². The van der Waals surface area contributed by atoms with Gasteiger partial charge in [-0.15, -0.1) is 0 Å². The fourth-order valence-corrected chi connectivity index (χ4v) is 3.80. The third kappa shape index (κ3) is 2.83. The summed E-state index contributed by atoms with van der Waals surface area (Å²) in [5.74, 6) is 0.236. The van der Waals surface area contributed by atoms with E-state index in [9.17, 15) is 9.90 Å². The average Bonchev–Trinajstić information content (AvgIpc) is 2.95. The lowest BCUT2D eigenvalue weighted by atomic mass is 9.78. The van der Waals surface area contributed by atoms with E-state index < -0.39 is 6.09 Å². The molecule has 0 radical (unpaired) electrons.